The summed E-state index contributed by atoms with van der Waals surface area (Å²) in [4.78, 5) is 9.51. The molecule has 0 aliphatic carbocycles. The standard InChI is InChI=1S/C22H42N4O2/c1-19-7-13-25(14-8-19)12-5-11-24-22(23-2)26-15-9-20(10-16-26)28-18-21-6-3-4-17-27-21/h19-21H,3-18H2,1-2H3,(H,23,24). The van der Waals surface area contributed by atoms with Gasteiger partial charge in [-0.05, 0) is 76.9 Å². The third-order valence-corrected chi connectivity index (χ3v) is 6.56. The number of hydrogen-bond acceptors (Lipinski definition) is 4. The minimum absolute atomic E-state index is 0.323. The van der Waals surface area contributed by atoms with Gasteiger partial charge in [-0.3, -0.25) is 4.99 Å². The van der Waals surface area contributed by atoms with Gasteiger partial charge in [0, 0.05) is 33.3 Å². The van der Waals surface area contributed by atoms with Crippen molar-refractivity contribution >= 4 is 5.96 Å². The lowest BCUT2D eigenvalue weighted by Crippen LogP contribution is -2.47. The summed E-state index contributed by atoms with van der Waals surface area (Å²) in [6.45, 7) is 10.9. The fourth-order valence-electron chi connectivity index (χ4n) is 4.54. The predicted octanol–water partition coefficient (Wildman–Crippen LogP) is 2.73. The van der Waals surface area contributed by atoms with Crippen molar-refractivity contribution in [3.05, 3.63) is 0 Å². The quantitative estimate of drug-likeness (QED) is 0.409. The van der Waals surface area contributed by atoms with E-state index >= 15 is 0 Å². The summed E-state index contributed by atoms with van der Waals surface area (Å²) in [6.07, 6.45) is 10.4. The Balaban J connectivity index is 1.27. The Morgan fingerprint density at radius 2 is 1.86 bits per heavy atom. The van der Waals surface area contributed by atoms with E-state index in [1.807, 2.05) is 7.05 Å². The molecule has 3 aliphatic heterocycles. The van der Waals surface area contributed by atoms with E-state index in [0.717, 1.165) is 64.0 Å². The Morgan fingerprint density at radius 1 is 1.07 bits per heavy atom. The second-order valence-electron chi connectivity index (χ2n) is 8.86. The van der Waals surface area contributed by atoms with Gasteiger partial charge < -0.3 is 24.6 Å². The molecule has 0 radical (unpaired) electrons. The monoisotopic (exact) mass is 394 g/mol. The zero-order chi connectivity index (χ0) is 19.6. The van der Waals surface area contributed by atoms with Gasteiger partial charge in [-0.1, -0.05) is 6.92 Å². The molecule has 162 valence electrons. The second kappa shape index (κ2) is 12.0. The van der Waals surface area contributed by atoms with Crippen LogP contribution in [0, 0.1) is 5.92 Å². The van der Waals surface area contributed by atoms with Crippen LogP contribution in [-0.2, 0) is 9.47 Å². The maximum Gasteiger partial charge on any atom is 0.193 e. The van der Waals surface area contributed by atoms with Crippen molar-refractivity contribution in [3.8, 4) is 0 Å². The molecule has 1 unspecified atom stereocenters. The molecule has 0 amide bonds. The van der Waals surface area contributed by atoms with Gasteiger partial charge >= 0.3 is 0 Å². The van der Waals surface area contributed by atoms with Gasteiger partial charge in [-0.25, -0.2) is 0 Å². The number of aliphatic imine (C=N–C) groups is 1. The summed E-state index contributed by atoms with van der Waals surface area (Å²) in [5.74, 6) is 1.97. The number of guanidine groups is 1. The van der Waals surface area contributed by atoms with Crippen molar-refractivity contribution < 1.29 is 9.47 Å². The number of nitrogens with one attached hydrogen (secondary N) is 1. The molecule has 3 rings (SSSR count). The SMILES string of the molecule is CN=C(NCCCN1CCC(C)CC1)N1CCC(OCC2CCCCO2)CC1. The molecule has 0 saturated carbocycles. The Morgan fingerprint density at radius 3 is 2.54 bits per heavy atom. The average molecular weight is 395 g/mol. The van der Waals surface area contributed by atoms with Crippen molar-refractivity contribution in [1.82, 2.24) is 15.1 Å². The predicted molar refractivity (Wildman–Crippen MR) is 115 cm³/mol. The number of hydrogen-bond donors (Lipinski definition) is 1. The van der Waals surface area contributed by atoms with Gasteiger partial charge in [0.1, 0.15) is 0 Å². The van der Waals surface area contributed by atoms with E-state index in [9.17, 15) is 0 Å². The Hall–Kier alpha value is -0.850. The average Bonchev–Trinajstić information content (AvgIpc) is 2.75. The van der Waals surface area contributed by atoms with E-state index in [1.165, 1.54) is 51.7 Å². The van der Waals surface area contributed by atoms with Gasteiger partial charge in [0.15, 0.2) is 5.96 Å². The smallest absolute Gasteiger partial charge is 0.193 e. The summed E-state index contributed by atoms with van der Waals surface area (Å²) in [5, 5.41) is 3.57. The van der Waals surface area contributed by atoms with Crippen LogP contribution in [0.1, 0.15) is 58.3 Å². The van der Waals surface area contributed by atoms with Gasteiger partial charge in [-0.2, -0.15) is 0 Å². The molecule has 3 aliphatic rings. The van der Waals surface area contributed by atoms with E-state index in [2.05, 4.69) is 27.0 Å². The van der Waals surface area contributed by atoms with E-state index in [4.69, 9.17) is 9.47 Å². The third kappa shape index (κ3) is 7.20. The highest BCUT2D eigenvalue weighted by Crippen LogP contribution is 2.18. The van der Waals surface area contributed by atoms with Gasteiger partial charge in [0.05, 0.1) is 18.8 Å². The summed E-state index contributed by atoms with van der Waals surface area (Å²) in [7, 11) is 1.90. The lowest BCUT2D eigenvalue weighted by molar-refractivity contribution is -0.0721. The molecule has 3 fully saturated rings. The normalized spacial score (nSPS) is 26.6. The summed E-state index contributed by atoms with van der Waals surface area (Å²) >= 11 is 0. The number of rotatable bonds is 7. The molecule has 6 heteroatoms. The Labute approximate surface area is 172 Å². The first kappa shape index (κ1) is 21.8. The fourth-order valence-corrected chi connectivity index (χ4v) is 4.54. The van der Waals surface area contributed by atoms with Crippen LogP contribution in [0.3, 0.4) is 0 Å². The molecule has 0 spiro atoms. The van der Waals surface area contributed by atoms with Crippen LogP contribution < -0.4 is 5.32 Å². The molecule has 0 aromatic carbocycles. The van der Waals surface area contributed by atoms with Crippen molar-refractivity contribution in [2.75, 3.05) is 59.5 Å². The van der Waals surface area contributed by atoms with Crippen LogP contribution in [0.2, 0.25) is 0 Å². The van der Waals surface area contributed by atoms with E-state index in [1.54, 1.807) is 0 Å². The third-order valence-electron chi connectivity index (χ3n) is 6.56. The van der Waals surface area contributed by atoms with E-state index in [-0.39, 0.29) is 0 Å². The Kier molecular flexibility index (Phi) is 9.35. The van der Waals surface area contributed by atoms with Crippen LogP contribution in [0.5, 0.6) is 0 Å². The zero-order valence-electron chi connectivity index (χ0n) is 18.2. The number of nitrogens with zero attached hydrogens (tertiary/aromatic N) is 3. The molecule has 28 heavy (non-hydrogen) atoms. The molecular formula is C22H42N4O2. The topological polar surface area (TPSA) is 49.3 Å². The highest BCUT2D eigenvalue weighted by atomic mass is 16.5. The lowest BCUT2D eigenvalue weighted by Gasteiger charge is -2.35. The summed E-state index contributed by atoms with van der Waals surface area (Å²) in [6, 6.07) is 0. The van der Waals surface area contributed by atoms with Crippen molar-refractivity contribution in [2.45, 2.75) is 70.5 Å². The summed E-state index contributed by atoms with van der Waals surface area (Å²) in [5.41, 5.74) is 0. The number of likely N-dealkylation sites (tertiary alicyclic amines) is 2. The summed E-state index contributed by atoms with van der Waals surface area (Å²) < 4.78 is 11.9. The molecule has 1 N–H and O–H groups in total. The van der Waals surface area contributed by atoms with Crippen molar-refractivity contribution in [1.29, 1.82) is 0 Å². The van der Waals surface area contributed by atoms with Crippen LogP contribution >= 0.6 is 0 Å². The molecule has 1 atom stereocenters. The molecule has 0 aromatic heterocycles. The number of piperidine rings is 2. The molecule has 0 bridgehead atoms. The van der Waals surface area contributed by atoms with E-state index in [0.29, 0.717) is 12.2 Å². The maximum atomic E-state index is 6.14. The first-order chi connectivity index (χ1) is 13.7. The molecule has 6 nitrogen and oxygen atoms in total. The molecule has 3 saturated heterocycles. The van der Waals surface area contributed by atoms with Crippen LogP contribution in [0.25, 0.3) is 0 Å². The van der Waals surface area contributed by atoms with Crippen LogP contribution in [0.15, 0.2) is 4.99 Å². The van der Waals surface area contributed by atoms with Crippen LogP contribution in [0.4, 0.5) is 0 Å². The van der Waals surface area contributed by atoms with E-state index < -0.39 is 0 Å². The van der Waals surface area contributed by atoms with Crippen molar-refractivity contribution in [3.63, 3.8) is 0 Å². The highest BCUT2D eigenvalue weighted by molar-refractivity contribution is 5.79. The molecule has 0 aromatic rings. The zero-order valence-corrected chi connectivity index (χ0v) is 18.2. The maximum absolute atomic E-state index is 6.14. The first-order valence-electron chi connectivity index (χ1n) is 11.7. The van der Waals surface area contributed by atoms with Crippen LogP contribution in [-0.4, -0.2) is 87.5 Å². The Bertz CT molecular complexity index is 451. The first-order valence-corrected chi connectivity index (χ1v) is 11.7. The van der Waals surface area contributed by atoms with Gasteiger partial charge in [-0.15, -0.1) is 0 Å². The molecular weight excluding hydrogens is 352 g/mol. The van der Waals surface area contributed by atoms with Crippen molar-refractivity contribution in [2.24, 2.45) is 10.9 Å². The van der Waals surface area contributed by atoms with Gasteiger partial charge in [0.2, 0.25) is 0 Å². The largest absolute Gasteiger partial charge is 0.376 e. The molecule has 3 heterocycles. The fraction of sp³-hybridized carbons (Fsp3) is 0.955. The minimum atomic E-state index is 0.323. The second-order valence-corrected chi connectivity index (χ2v) is 8.86. The number of ether oxygens (including phenoxy) is 2. The minimum Gasteiger partial charge on any atom is -0.376 e. The lowest BCUT2D eigenvalue weighted by atomic mass is 9.99. The van der Waals surface area contributed by atoms with Gasteiger partial charge in [0.25, 0.3) is 0 Å². The highest BCUT2D eigenvalue weighted by Gasteiger charge is 2.23.